The molecule has 0 aliphatic carbocycles. The third kappa shape index (κ3) is 3.80. The molecule has 6 nitrogen and oxygen atoms in total. The predicted molar refractivity (Wildman–Crippen MR) is 74.5 cm³/mol. The second-order valence-corrected chi connectivity index (χ2v) is 4.12. The minimum atomic E-state index is 0.588. The second-order valence-electron chi connectivity index (χ2n) is 4.12. The molecule has 19 heavy (non-hydrogen) atoms. The van der Waals surface area contributed by atoms with Crippen molar-refractivity contribution in [1.29, 1.82) is 0 Å². The summed E-state index contributed by atoms with van der Waals surface area (Å²) in [6.45, 7) is 1.32. The van der Waals surface area contributed by atoms with Crippen LogP contribution in [0.25, 0.3) is 0 Å². The number of hydrogen-bond donors (Lipinski definition) is 2. The minimum Gasteiger partial charge on any atom is -0.352 e. The lowest BCUT2D eigenvalue weighted by atomic mass is 10.2. The van der Waals surface area contributed by atoms with Crippen molar-refractivity contribution in [3.8, 4) is 0 Å². The molecule has 100 valence electrons. The highest BCUT2D eigenvalue weighted by molar-refractivity contribution is 5.79. The Balaban J connectivity index is 1.83. The van der Waals surface area contributed by atoms with E-state index in [0.717, 1.165) is 18.3 Å². The highest BCUT2D eigenvalue weighted by Gasteiger charge is 2.02. The third-order valence-electron chi connectivity index (χ3n) is 2.75. The zero-order valence-corrected chi connectivity index (χ0v) is 11.2. The average molecular weight is 258 g/mol. The fourth-order valence-electron chi connectivity index (χ4n) is 1.63. The van der Waals surface area contributed by atoms with Gasteiger partial charge in [-0.15, -0.1) is 10.2 Å². The maximum Gasteiger partial charge on any atom is 0.191 e. The van der Waals surface area contributed by atoms with Crippen LogP contribution in [0.3, 0.4) is 0 Å². The third-order valence-corrected chi connectivity index (χ3v) is 2.75. The predicted octanol–water partition coefficient (Wildman–Crippen LogP) is 0.680. The van der Waals surface area contributed by atoms with Crippen molar-refractivity contribution < 1.29 is 0 Å². The van der Waals surface area contributed by atoms with Gasteiger partial charge in [0.1, 0.15) is 6.33 Å². The molecule has 2 N–H and O–H groups in total. The van der Waals surface area contributed by atoms with Crippen molar-refractivity contribution in [3.05, 3.63) is 48.0 Å². The molecule has 0 bridgehead atoms. The van der Waals surface area contributed by atoms with Gasteiger partial charge < -0.3 is 15.2 Å². The van der Waals surface area contributed by atoms with E-state index in [1.54, 1.807) is 13.4 Å². The van der Waals surface area contributed by atoms with E-state index in [1.165, 1.54) is 5.56 Å². The van der Waals surface area contributed by atoms with E-state index in [2.05, 4.69) is 38.0 Å². The lowest BCUT2D eigenvalue weighted by Crippen LogP contribution is -2.36. The SMILES string of the molecule is CN=C(NCc1ccccc1)NCc1nncn1C. The molecular weight excluding hydrogens is 240 g/mol. The van der Waals surface area contributed by atoms with Gasteiger partial charge in [-0.3, -0.25) is 4.99 Å². The van der Waals surface area contributed by atoms with Crippen LogP contribution in [0.5, 0.6) is 0 Å². The maximum atomic E-state index is 4.17. The second kappa shape index (κ2) is 6.53. The van der Waals surface area contributed by atoms with Crippen molar-refractivity contribution in [2.45, 2.75) is 13.1 Å². The van der Waals surface area contributed by atoms with Gasteiger partial charge in [0.15, 0.2) is 11.8 Å². The van der Waals surface area contributed by atoms with Crippen LogP contribution in [0, 0.1) is 0 Å². The van der Waals surface area contributed by atoms with Gasteiger partial charge in [0, 0.05) is 20.6 Å². The van der Waals surface area contributed by atoms with Gasteiger partial charge in [0.05, 0.1) is 6.54 Å². The molecular formula is C13H18N6. The van der Waals surface area contributed by atoms with Crippen LogP contribution in [-0.4, -0.2) is 27.8 Å². The van der Waals surface area contributed by atoms with Crippen molar-refractivity contribution in [3.63, 3.8) is 0 Å². The molecule has 0 radical (unpaired) electrons. The van der Waals surface area contributed by atoms with Gasteiger partial charge >= 0.3 is 0 Å². The van der Waals surface area contributed by atoms with Gasteiger partial charge in [-0.2, -0.15) is 0 Å². The van der Waals surface area contributed by atoms with Gasteiger partial charge in [-0.25, -0.2) is 0 Å². The number of aliphatic imine (C=N–C) groups is 1. The molecule has 0 unspecified atom stereocenters. The van der Waals surface area contributed by atoms with Crippen molar-refractivity contribution in [2.75, 3.05) is 7.05 Å². The molecule has 1 heterocycles. The molecule has 0 spiro atoms. The summed E-state index contributed by atoms with van der Waals surface area (Å²) < 4.78 is 1.87. The Morgan fingerprint density at radius 1 is 1.21 bits per heavy atom. The van der Waals surface area contributed by atoms with E-state index in [4.69, 9.17) is 0 Å². The van der Waals surface area contributed by atoms with Crippen LogP contribution in [0.1, 0.15) is 11.4 Å². The lowest BCUT2D eigenvalue weighted by molar-refractivity contribution is 0.725. The summed E-state index contributed by atoms with van der Waals surface area (Å²) in [5, 5.41) is 14.3. The van der Waals surface area contributed by atoms with Crippen LogP contribution < -0.4 is 10.6 Å². The molecule has 2 rings (SSSR count). The van der Waals surface area contributed by atoms with Gasteiger partial charge in [-0.1, -0.05) is 30.3 Å². The van der Waals surface area contributed by atoms with Crippen molar-refractivity contribution >= 4 is 5.96 Å². The number of aryl methyl sites for hydroxylation is 1. The molecule has 0 amide bonds. The first-order valence-corrected chi connectivity index (χ1v) is 6.11. The molecule has 6 heteroatoms. The zero-order valence-electron chi connectivity index (χ0n) is 11.2. The highest BCUT2D eigenvalue weighted by Crippen LogP contribution is 1.97. The van der Waals surface area contributed by atoms with E-state index in [0.29, 0.717) is 6.54 Å². The minimum absolute atomic E-state index is 0.588. The normalized spacial score (nSPS) is 11.4. The summed E-state index contributed by atoms with van der Waals surface area (Å²) in [4.78, 5) is 4.17. The standard InChI is InChI=1S/C13H18N6/c1-14-13(15-8-11-6-4-3-5-7-11)16-9-12-18-17-10-19(12)2/h3-7,10H,8-9H2,1-2H3,(H2,14,15,16). The number of nitrogens with zero attached hydrogens (tertiary/aromatic N) is 4. The first-order valence-electron chi connectivity index (χ1n) is 6.11. The van der Waals surface area contributed by atoms with E-state index >= 15 is 0 Å². The zero-order chi connectivity index (χ0) is 13.5. The first kappa shape index (κ1) is 13.1. The summed E-state index contributed by atoms with van der Waals surface area (Å²) in [5.74, 6) is 1.61. The van der Waals surface area contributed by atoms with Gasteiger partial charge in [0.25, 0.3) is 0 Å². The van der Waals surface area contributed by atoms with Crippen LogP contribution >= 0.6 is 0 Å². The molecule has 2 aromatic rings. The lowest BCUT2D eigenvalue weighted by Gasteiger charge is -2.11. The molecule has 0 saturated carbocycles. The molecule has 0 aliphatic heterocycles. The summed E-state index contributed by atoms with van der Waals surface area (Å²) in [6.07, 6.45) is 1.68. The topological polar surface area (TPSA) is 67.1 Å². The fourth-order valence-corrected chi connectivity index (χ4v) is 1.63. The molecule has 0 atom stereocenters. The molecule has 0 fully saturated rings. The van der Waals surface area contributed by atoms with Crippen LogP contribution in [0.2, 0.25) is 0 Å². The Hall–Kier alpha value is -2.37. The Bertz CT molecular complexity index is 531. The van der Waals surface area contributed by atoms with Crippen molar-refractivity contribution in [2.24, 2.45) is 12.0 Å². The molecule has 1 aromatic heterocycles. The Kier molecular flexibility index (Phi) is 4.49. The largest absolute Gasteiger partial charge is 0.352 e. The number of rotatable bonds is 4. The van der Waals surface area contributed by atoms with E-state index in [1.807, 2.05) is 29.8 Å². The number of hydrogen-bond acceptors (Lipinski definition) is 3. The Morgan fingerprint density at radius 3 is 2.58 bits per heavy atom. The monoisotopic (exact) mass is 258 g/mol. The summed E-state index contributed by atoms with van der Waals surface area (Å²) >= 11 is 0. The van der Waals surface area contributed by atoms with Crippen LogP contribution in [0.15, 0.2) is 41.7 Å². The quantitative estimate of drug-likeness (QED) is 0.625. The molecule has 0 aliphatic rings. The summed E-state index contributed by atoms with van der Waals surface area (Å²) in [5.41, 5.74) is 1.21. The summed E-state index contributed by atoms with van der Waals surface area (Å²) in [7, 11) is 3.66. The number of benzene rings is 1. The van der Waals surface area contributed by atoms with E-state index < -0.39 is 0 Å². The van der Waals surface area contributed by atoms with Crippen LogP contribution in [-0.2, 0) is 20.1 Å². The number of guanidine groups is 1. The summed E-state index contributed by atoms with van der Waals surface area (Å²) in [6, 6.07) is 10.2. The van der Waals surface area contributed by atoms with Gasteiger partial charge in [0.2, 0.25) is 0 Å². The van der Waals surface area contributed by atoms with E-state index in [-0.39, 0.29) is 0 Å². The molecule has 0 saturated heterocycles. The fraction of sp³-hybridized carbons (Fsp3) is 0.308. The number of nitrogens with one attached hydrogen (secondary N) is 2. The van der Waals surface area contributed by atoms with E-state index in [9.17, 15) is 0 Å². The smallest absolute Gasteiger partial charge is 0.191 e. The van der Waals surface area contributed by atoms with Crippen LogP contribution in [0.4, 0.5) is 0 Å². The number of aromatic nitrogens is 3. The average Bonchev–Trinajstić information content (AvgIpc) is 2.86. The highest BCUT2D eigenvalue weighted by atomic mass is 15.3. The Morgan fingerprint density at radius 2 is 1.95 bits per heavy atom. The maximum absolute atomic E-state index is 4.17. The van der Waals surface area contributed by atoms with Gasteiger partial charge in [-0.05, 0) is 5.56 Å². The Labute approximate surface area is 112 Å². The first-order chi connectivity index (χ1) is 9.29. The molecule has 1 aromatic carbocycles. The van der Waals surface area contributed by atoms with Crippen molar-refractivity contribution in [1.82, 2.24) is 25.4 Å².